The van der Waals surface area contributed by atoms with Crippen LogP contribution < -0.4 is 16.0 Å². The zero-order valence-corrected chi connectivity index (χ0v) is 20.4. The van der Waals surface area contributed by atoms with Crippen LogP contribution in [0.2, 0.25) is 0 Å². The van der Waals surface area contributed by atoms with Crippen molar-refractivity contribution in [3.8, 4) is 0 Å². The number of rotatable bonds is 7. The largest absolute Gasteiger partial charge is 0.275 e. The Balaban J connectivity index is 2.09. The molecule has 0 amide bonds. The maximum absolute atomic E-state index is 13.3. The van der Waals surface area contributed by atoms with Crippen LogP contribution in [0, 0.1) is 0 Å². The van der Waals surface area contributed by atoms with E-state index < -0.39 is 17.1 Å². The highest BCUT2D eigenvalue weighted by atomic mass is 32.2. The number of para-hydroxylation sites is 1. The molecule has 0 unspecified atom stereocenters. The van der Waals surface area contributed by atoms with E-state index >= 15 is 0 Å². The van der Waals surface area contributed by atoms with Crippen LogP contribution >= 0.6 is 7.41 Å². The zero-order chi connectivity index (χ0) is 23.2. The standard InChI is InChI=1S/C27H27N3OPS/c1-33(2,31)30-32(25-19-11-5-12-20-25,26-21-13-6-14-22-26)27(23-15-7-3-8-16-23)29-28-24-17-9-4-10-18-24/h3-22,28H,1-2H3/q+1. The molecule has 0 spiro atoms. The molecule has 0 atom stereocenters. The molecule has 33 heavy (non-hydrogen) atoms. The van der Waals surface area contributed by atoms with Crippen molar-refractivity contribution in [1.29, 1.82) is 0 Å². The number of nitrogens with zero attached hydrogens (tertiary/aromatic N) is 2. The number of anilines is 1. The zero-order valence-electron chi connectivity index (χ0n) is 18.7. The Morgan fingerprint density at radius 3 is 1.55 bits per heavy atom. The summed E-state index contributed by atoms with van der Waals surface area (Å²) in [4.78, 5) is 0. The average Bonchev–Trinajstić information content (AvgIpc) is 2.85. The van der Waals surface area contributed by atoms with Gasteiger partial charge in [0.15, 0.2) is 0 Å². The second-order valence-corrected chi connectivity index (χ2v) is 13.6. The minimum absolute atomic E-state index is 0.778. The fourth-order valence-electron chi connectivity index (χ4n) is 3.65. The fraction of sp³-hybridized carbons (Fsp3) is 0.0741. The van der Waals surface area contributed by atoms with Crippen molar-refractivity contribution in [1.82, 2.24) is 0 Å². The predicted octanol–water partition coefficient (Wildman–Crippen LogP) is 5.77. The number of nitrogens with one attached hydrogen (secondary N) is 1. The molecule has 6 heteroatoms. The summed E-state index contributed by atoms with van der Waals surface area (Å²) in [6.45, 7) is 0. The molecular formula is C27H27N3OPS+. The van der Waals surface area contributed by atoms with Crippen LogP contribution in [0.3, 0.4) is 0 Å². The molecule has 0 aliphatic heterocycles. The average molecular weight is 473 g/mol. The monoisotopic (exact) mass is 472 g/mol. The molecule has 0 radical (unpaired) electrons. The minimum atomic E-state index is -2.75. The lowest BCUT2D eigenvalue weighted by atomic mass is 10.2. The number of hydrazone groups is 1. The van der Waals surface area contributed by atoms with Crippen molar-refractivity contribution in [2.24, 2.45) is 9.23 Å². The summed E-state index contributed by atoms with van der Waals surface area (Å²) < 4.78 is 18.5. The van der Waals surface area contributed by atoms with Gasteiger partial charge in [0.25, 0.3) is 7.41 Å². The van der Waals surface area contributed by atoms with Gasteiger partial charge in [-0.25, -0.2) is 4.21 Å². The molecular weight excluding hydrogens is 445 g/mol. The first-order valence-corrected chi connectivity index (χ1v) is 14.7. The smallest absolute Gasteiger partial charge is 0.261 e. The van der Waals surface area contributed by atoms with Gasteiger partial charge in [0, 0.05) is 18.1 Å². The van der Waals surface area contributed by atoms with Gasteiger partial charge in [0.1, 0.15) is 10.6 Å². The van der Waals surface area contributed by atoms with Gasteiger partial charge in [-0.2, -0.15) is 0 Å². The summed E-state index contributed by atoms with van der Waals surface area (Å²) in [6, 6.07) is 40.1. The van der Waals surface area contributed by atoms with E-state index in [0.29, 0.717) is 0 Å². The number of hydrogen-bond donors (Lipinski definition) is 1. The van der Waals surface area contributed by atoms with Crippen LogP contribution in [0.15, 0.2) is 131 Å². The lowest BCUT2D eigenvalue weighted by molar-refractivity contribution is 0.685. The van der Waals surface area contributed by atoms with Crippen molar-refractivity contribution >= 4 is 38.9 Å². The van der Waals surface area contributed by atoms with Crippen LogP contribution in [0.4, 0.5) is 5.69 Å². The van der Waals surface area contributed by atoms with Crippen molar-refractivity contribution in [2.45, 2.75) is 0 Å². The van der Waals surface area contributed by atoms with E-state index in [-0.39, 0.29) is 0 Å². The fourth-order valence-corrected chi connectivity index (χ4v) is 9.79. The van der Waals surface area contributed by atoms with Crippen molar-refractivity contribution in [2.75, 3.05) is 17.9 Å². The summed E-state index contributed by atoms with van der Waals surface area (Å²) >= 11 is 0. The van der Waals surface area contributed by atoms with E-state index in [2.05, 4.69) is 29.7 Å². The normalized spacial score (nSPS) is 12.2. The Bertz CT molecular complexity index is 1290. The third kappa shape index (κ3) is 5.39. The molecule has 0 saturated carbocycles. The highest BCUT2D eigenvalue weighted by Crippen LogP contribution is 2.61. The van der Waals surface area contributed by atoms with Crippen LogP contribution in [0.5, 0.6) is 0 Å². The minimum Gasteiger partial charge on any atom is -0.275 e. The van der Waals surface area contributed by atoms with Crippen molar-refractivity contribution in [3.63, 3.8) is 0 Å². The number of benzene rings is 4. The molecule has 0 aliphatic rings. The first-order chi connectivity index (χ1) is 16.0. The SMILES string of the molecule is CS(C)(=O)=N[P+](C(=NNc1ccccc1)c1ccccc1)(c1ccccc1)c1ccccc1. The Morgan fingerprint density at radius 1 is 0.667 bits per heavy atom. The van der Waals surface area contributed by atoms with Gasteiger partial charge in [-0.05, 0) is 48.5 Å². The number of hydrogen-bond acceptors (Lipinski definition) is 4. The molecule has 1 N–H and O–H groups in total. The van der Waals surface area contributed by atoms with Gasteiger partial charge in [-0.3, -0.25) is 5.43 Å². The van der Waals surface area contributed by atoms with Crippen LogP contribution in [0.25, 0.3) is 0 Å². The second-order valence-electron chi connectivity index (χ2n) is 7.85. The van der Waals surface area contributed by atoms with E-state index in [4.69, 9.17) is 9.23 Å². The summed E-state index contributed by atoms with van der Waals surface area (Å²) in [5.41, 5.74) is 5.83. The molecule has 166 valence electrons. The van der Waals surface area contributed by atoms with E-state index in [9.17, 15) is 4.21 Å². The van der Waals surface area contributed by atoms with Gasteiger partial charge in [0.05, 0.1) is 15.4 Å². The molecule has 4 nitrogen and oxygen atoms in total. The van der Waals surface area contributed by atoms with E-state index in [1.165, 1.54) is 0 Å². The quantitative estimate of drug-likeness (QED) is 0.211. The highest BCUT2D eigenvalue weighted by molar-refractivity contribution is 8.08. The van der Waals surface area contributed by atoms with Gasteiger partial charge in [-0.15, -0.1) is 5.10 Å². The summed E-state index contributed by atoms with van der Waals surface area (Å²) in [5.74, 6) is 0. The Labute approximate surface area is 197 Å². The third-order valence-corrected chi connectivity index (χ3v) is 10.6. The van der Waals surface area contributed by atoms with E-state index in [1.54, 1.807) is 12.5 Å². The molecule has 4 aromatic carbocycles. The lowest BCUT2D eigenvalue weighted by Crippen LogP contribution is -2.29. The van der Waals surface area contributed by atoms with Gasteiger partial charge >= 0.3 is 0 Å². The maximum atomic E-state index is 13.3. The molecule has 0 saturated heterocycles. The molecule has 0 aromatic heterocycles. The molecule has 0 fully saturated rings. The van der Waals surface area contributed by atoms with Crippen LogP contribution in [-0.2, 0) is 9.73 Å². The molecule has 0 heterocycles. The maximum Gasteiger partial charge on any atom is 0.261 e. The second kappa shape index (κ2) is 10.1. The Hall–Kier alpha value is -3.27. The third-order valence-electron chi connectivity index (χ3n) is 4.98. The van der Waals surface area contributed by atoms with Crippen LogP contribution in [-0.4, -0.2) is 22.2 Å². The summed E-state index contributed by atoms with van der Waals surface area (Å²) in [5, 5.41) is 6.98. The predicted molar refractivity (Wildman–Crippen MR) is 145 cm³/mol. The van der Waals surface area contributed by atoms with Gasteiger partial charge < -0.3 is 0 Å². The molecule has 4 rings (SSSR count). The molecule has 0 bridgehead atoms. The summed E-state index contributed by atoms with van der Waals surface area (Å²) in [6.07, 6.45) is 3.39. The molecule has 0 aliphatic carbocycles. The topological polar surface area (TPSA) is 53.8 Å². The van der Waals surface area contributed by atoms with E-state index in [1.807, 2.05) is 97.1 Å². The lowest BCUT2D eigenvalue weighted by Gasteiger charge is -2.23. The first kappa shape index (κ1) is 22.9. The van der Waals surface area contributed by atoms with Crippen LogP contribution in [0.1, 0.15) is 5.56 Å². The Kier molecular flexibility index (Phi) is 7.02. The first-order valence-electron chi connectivity index (χ1n) is 10.6. The highest BCUT2D eigenvalue weighted by Gasteiger charge is 2.52. The van der Waals surface area contributed by atoms with Crippen molar-refractivity contribution < 1.29 is 4.21 Å². The Morgan fingerprint density at radius 2 is 1.09 bits per heavy atom. The summed E-state index contributed by atoms with van der Waals surface area (Å²) in [7, 11) is -5.25. The molecule has 4 aromatic rings. The van der Waals surface area contributed by atoms with Gasteiger partial charge in [0.2, 0.25) is 5.45 Å². The van der Waals surface area contributed by atoms with Crippen molar-refractivity contribution in [3.05, 3.63) is 127 Å². The van der Waals surface area contributed by atoms with Gasteiger partial charge in [-0.1, -0.05) is 76.9 Å². The van der Waals surface area contributed by atoms with E-state index in [0.717, 1.165) is 27.3 Å².